The van der Waals surface area contributed by atoms with E-state index in [1.807, 2.05) is 51.0 Å². The molecule has 0 aliphatic rings. The van der Waals surface area contributed by atoms with E-state index in [1.165, 1.54) is 18.2 Å². The molecule has 8 nitrogen and oxygen atoms in total. The van der Waals surface area contributed by atoms with Crippen LogP contribution in [0.3, 0.4) is 0 Å². The van der Waals surface area contributed by atoms with Crippen molar-refractivity contribution in [2.45, 2.75) is 26.4 Å². The first-order chi connectivity index (χ1) is 15.2. The largest absolute Gasteiger partial charge is 0.383 e. The second-order valence-electron chi connectivity index (χ2n) is 7.85. The van der Waals surface area contributed by atoms with Gasteiger partial charge in [0.15, 0.2) is 0 Å². The first-order valence-corrected chi connectivity index (χ1v) is 10.4. The molecular weight excluding hydrogens is 413 g/mol. The number of halogens is 1. The number of ether oxygens (including phenoxy) is 1. The zero-order valence-electron chi connectivity index (χ0n) is 19.2. The van der Waals surface area contributed by atoms with Gasteiger partial charge < -0.3 is 30.5 Å². The molecule has 9 heteroatoms. The van der Waals surface area contributed by atoms with Crippen LogP contribution < -0.4 is 20.9 Å². The molecule has 0 radical (unpaired) electrons. The van der Waals surface area contributed by atoms with Crippen molar-refractivity contribution < 1.29 is 18.7 Å². The van der Waals surface area contributed by atoms with Crippen molar-refractivity contribution in [1.82, 2.24) is 10.2 Å². The number of rotatable bonds is 9. The molecule has 4 amide bonds. The van der Waals surface area contributed by atoms with E-state index in [0.29, 0.717) is 24.5 Å². The van der Waals surface area contributed by atoms with Crippen LogP contribution in [-0.2, 0) is 11.3 Å². The van der Waals surface area contributed by atoms with Crippen molar-refractivity contribution in [2.24, 2.45) is 0 Å². The third kappa shape index (κ3) is 7.73. The summed E-state index contributed by atoms with van der Waals surface area (Å²) in [5.41, 5.74) is 2.72. The molecule has 0 unspecified atom stereocenters. The van der Waals surface area contributed by atoms with Gasteiger partial charge in [0, 0.05) is 57.4 Å². The average molecular weight is 446 g/mol. The van der Waals surface area contributed by atoms with E-state index in [9.17, 15) is 14.0 Å². The second-order valence-corrected chi connectivity index (χ2v) is 7.85. The Morgan fingerprint density at radius 2 is 1.78 bits per heavy atom. The maximum Gasteiger partial charge on any atom is 0.322 e. The van der Waals surface area contributed by atoms with Crippen LogP contribution in [0.25, 0.3) is 0 Å². The highest BCUT2D eigenvalue weighted by atomic mass is 19.1. The molecule has 2 rings (SSSR count). The van der Waals surface area contributed by atoms with E-state index in [1.54, 1.807) is 18.1 Å². The molecule has 174 valence electrons. The molecule has 0 spiro atoms. The monoisotopic (exact) mass is 445 g/mol. The third-order valence-electron chi connectivity index (χ3n) is 4.53. The van der Waals surface area contributed by atoms with E-state index in [4.69, 9.17) is 4.74 Å². The van der Waals surface area contributed by atoms with Crippen LogP contribution in [-0.4, -0.2) is 57.4 Å². The lowest BCUT2D eigenvalue weighted by atomic mass is 10.1. The highest BCUT2D eigenvalue weighted by Crippen LogP contribution is 2.25. The lowest BCUT2D eigenvalue weighted by Crippen LogP contribution is -2.37. The Morgan fingerprint density at radius 1 is 1.06 bits per heavy atom. The van der Waals surface area contributed by atoms with Gasteiger partial charge in [-0.05, 0) is 55.8 Å². The predicted molar refractivity (Wildman–Crippen MR) is 126 cm³/mol. The Balaban J connectivity index is 2.26. The fraction of sp³-hybridized carbons (Fsp3) is 0.391. The molecule has 3 N–H and O–H groups in total. The molecule has 0 fully saturated rings. The van der Waals surface area contributed by atoms with Gasteiger partial charge in [0.1, 0.15) is 5.82 Å². The van der Waals surface area contributed by atoms with E-state index >= 15 is 0 Å². The van der Waals surface area contributed by atoms with Gasteiger partial charge in [0.05, 0.1) is 6.61 Å². The Kier molecular flexibility index (Phi) is 9.27. The lowest BCUT2D eigenvalue weighted by molar-refractivity contribution is 0.153. The van der Waals surface area contributed by atoms with Crippen LogP contribution in [0.15, 0.2) is 42.5 Å². The minimum atomic E-state index is -0.431. The van der Waals surface area contributed by atoms with E-state index in [0.717, 1.165) is 11.3 Å². The first kappa shape index (κ1) is 24.9. The summed E-state index contributed by atoms with van der Waals surface area (Å²) in [6.45, 7) is 4.69. The van der Waals surface area contributed by atoms with Gasteiger partial charge in [0.25, 0.3) is 0 Å². The van der Waals surface area contributed by atoms with Crippen LogP contribution in [0.4, 0.5) is 31.0 Å². The standard InChI is InChI=1S/C23H32FN5O3/c1-16(2)25-22(30)26-20-9-10-21(28(3)4)17(13-20)15-29(11-12-32-5)23(31)27-19-8-6-7-18(24)14-19/h6-10,13-14,16H,11-12,15H2,1-5H3,(H,27,31)(H2,25,26,30). The number of methoxy groups -OCH3 is 1. The molecule has 0 aliphatic carbocycles. The summed E-state index contributed by atoms with van der Waals surface area (Å²) in [7, 11) is 5.37. The fourth-order valence-corrected chi connectivity index (χ4v) is 3.08. The SMILES string of the molecule is COCCN(Cc1cc(NC(=O)NC(C)C)ccc1N(C)C)C(=O)Nc1cccc(F)c1. The van der Waals surface area contributed by atoms with Gasteiger partial charge in [-0.3, -0.25) is 0 Å². The molecule has 32 heavy (non-hydrogen) atoms. The minimum Gasteiger partial charge on any atom is -0.383 e. The van der Waals surface area contributed by atoms with Crippen molar-refractivity contribution in [3.63, 3.8) is 0 Å². The third-order valence-corrected chi connectivity index (χ3v) is 4.53. The smallest absolute Gasteiger partial charge is 0.322 e. The Hall–Kier alpha value is -3.33. The number of hydrogen-bond donors (Lipinski definition) is 3. The minimum absolute atomic E-state index is 0.00609. The highest BCUT2D eigenvalue weighted by Gasteiger charge is 2.18. The molecule has 2 aromatic rings. The molecule has 0 bridgehead atoms. The number of carbonyl (C=O) groups excluding carboxylic acids is 2. The van der Waals surface area contributed by atoms with Crippen LogP contribution in [0.1, 0.15) is 19.4 Å². The molecule has 2 aromatic carbocycles. The number of benzene rings is 2. The number of carbonyl (C=O) groups is 2. The summed E-state index contributed by atoms with van der Waals surface area (Å²) in [5, 5.41) is 8.33. The average Bonchev–Trinajstić information content (AvgIpc) is 2.70. The van der Waals surface area contributed by atoms with Gasteiger partial charge in [-0.2, -0.15) is 0 Å². The summed E-state index contributed by atoms with van der Waals surface area (Å²) in [6.07, 6.45) is 0. The first-order valence-electron chi connectivity index (χ1n) is 10.4. The maximum atomic E-state index is 13.5. The predicted octanol–water partition coefficient (Wildman–Crippen LogP) is 4.10. The van der Waals surface area contributed by atoms with Crippen LogP contribution in [0.2, 0.25) is 0 Å². The number of nitrogens with zero attached hydrogens (tertiary/aromatic N) is 2. The van der Waals surface area contributed by atoms with Crippen LogP contribution in [0.5, 0.6) is 0 Å². The topological polar surface area (TPSA) is 85.9 Å². The van der Waals surface area contributed by atoms with Gasteiger partial charge in [-0.1, -0.05) is 6.07 Å². The van der Waals surface area contributed by atoms with Crippen molar-refractivity contribution in [3.05, 3.63) is 53.8 Å². The highest BCUT2D eigenvalue weighted by molar-refractivity contribution is 5.90. The molecule has 0 saturated heterocycles. The number of hydrogen-bond acceptors (Lipinski definition) is 4. The molecular formula is C23H32FN5O3. The number of amides is 4. The summed E-state index contributed by atoms with van der Waals surface area (Å²) >= 11 is 0. The number of urea groups is 2. The summed E-state index contributed by atoms with van der Waals surface area (Å²) in [6, 6.07) is 10.6. The summed E-state index contributed by atoms with van der Waals surface area (Å²) in [5.74, 6) is -0.431. The Labute approximate surface area is 188 Å². The van der Waals surface area contributed by atoms with Crippen LogP contribution in [0, 0.1) is 5.82 Å². The van der Waals surface area contributed by atoms with Crippen LogP contribution >= 0.6 is 0 Å². The molecule has 0 aromatic heterocycles. The quantitative estimate of drug-likeness (QED) is 0.542. The molecule has 0 aliphatic heterocycles. The summed E-state index contributed by atoms with van der Waals surface area (Å²) in [4.78, 5) is 28.6. The zero-order valence-corrected chi connectivity index (χ0v) is 19.2. The normalized spacial score (nSPS) is 10.6. The number of anilines is 3. The van der Waals surface area contributed by atoms with Crippen molar-refractivity contribution >= 4 is 29.1 Å². The van der Waals surface area contributed by atoms with Crippen molar-refractivity contribution in [3.8, 4) is 0 Å². The van der Waals surface area contributed by atoms with Gasteiger partial charge in [-0.15, -0.1) is 0 Å². The Bertz CT molecular complexity index is 920. The number of nitrogens with one attached hydrogen (secondary N) is 3. The van der Waals surface area contributed by atoms with Gasteiger partial charge in [0.2, 0.25) is 0 Å². The summed E-state index contributed by atoms with van der Waals surface area (Å²) < 4.78 is 18.7. The van der Waals surface area contributed by atoms with E-state index in [2.05, 4.69) is 16.0 Å². The van der Waals surface area contributed by atoms with Crippen molar-refractivity contribution in [2.75, 3.05) is 49.9 Å². The van der Waals surface area contributed by atoms with Gasteiger partial charge in [-0.25, -0.2) is 14.0 Å². The van der Waals surface area contributed by atoms with Crippen molar-refractivity contribution in [1.29, 1.82) is 0 Å². The maximum absolute atomic E-state index is 13.5. The molecule has 0 saturated carbocycles. The Morgan fingerprint density at radius 3 is 2.41 bits per heavy atom. The van der Waals surface area contributed by atoms with E-state index in [-0.39, 0.29) is 24.6 Å². The lowest BCUT2D eigenvalue weighted by Gasteiger charge is -2.26. The van der Waals surface area contributed by atoms with E-state index < -0.39 is 5.82 Å². The fourth-order valence-electron chi connectivity index (χ4n) is 3.08. The zero-order chi connectivity index (χ0) is 23.7. The second kappa shape index (κ2) is 11.9. The molecule has 0 heterocycles. The molecule has 0 atom stereocenters. The van der Waals surface area contributed by atoms with Gasteiger partial charge >= 0.3 is 12.1 Å².